The van der Waals surface area contributed by atoms with Crippen LogP contribution in [0.15, 0.2) is 34.9 Å². The fourth-order valence-electron chi connectivity index (χ4n) is 1.88. The first-order valence-electron chi connectivity index (χ1n) is 6.76. The third kappa shape index (κ3) is 4.53. The summed E-state index contributed by atoms with van der Waals surface area (Å²) in [6.45, 7) is 2.78. The molecule has 21 heavy (non-hydrogen) atoms. The maximum atomic E-state index is 12.4. The molecule has 6 heteroatoms. The van der Waals surface area contributed by atoms with E-state index in [0.29, 0.717) is 23.8 Å². The summed E-state index contributed by atoms with van der Waals surface area (Å²) in [5, 5.41) is 7.17. The van der Waals surface area contributed by atoms with Crippen LogP contribution < -0.4 is 10.1 Å². The van der Waals surface area contributed by atoms with Crippen LogP contribution in [0.3, 0.4) is 0 Å². The molecular formula is C15H18F2N2O2. The van der Waals surface area contributed by atoms with Gasteiger partial charge in [-0.3, -0.25) is 0 Å². The van der Waals surface area contributed by atoms with E-state index in [1.165, 1.54) is 6.07 Å². The number of benzene rings is 1. The van der Waals surface area contributed by atoms with Crippen molar-refractivity contribution in [2.75, 3.05) is 6.54 Å². The number of ether oxygens (including phenoxy) is 1. The number of alkyl halides is 2. The van der Waals surface area contributed by atoms with Gasteiger partial charge in [-0.05, 0) is 24.6 Å². The Balaban J connectivity index is 2.10. The molecule has 0 saturated heterocycles. The predicted molar refractivity (Wildman–Crippen MR) is 75.1 cm³/mol. The number of aromatic nitrogens is 1. The molecule has 0 spiro atoms. The van der Waals surface area contributed by atoms with Crippen molar-refractivity contribution in [1.82, 2.24) is 10.5 Å². The van der Waals surface area contributed by atoms with Crippen LogP contribution in [-0.4, -0.2) is 18.3 Å². The normalized spacial score (nSPS) is 11.3. The molecule has 0 unspecified atom stereocenters. The minimum Gasteiger partial charge on any atom is -0.434 e. The molecule has 1 aromatic carbocycles. The Morgan fingerprint density at radius 1 is 1.29 bits per heavy atom. The molecular weight excluding hydrogens is 278 g/mol. The standard InChI is InChI=1S/C15H18F2N2O2/c1-10(2)8-18-9-11-7-14(21-19-11)12-5-3-4-6-13(12)20-15(16)17/h3-7,10,15,18H,8-9H2,1-2H3. The Hall–Kier alpha value is -1.95. The molecule has 0 atom stereocenters. The average molecular weight is 296 g/mol. The van der Waals surface area contributed by atoms with E-state index < -0.39 is 6.61 Å². The summed E-state index contributed by atoms with van der Waals surface area (Å²) >= 11 is 0. The summed E-state index contributed by atoms with van der Waals surface area (Å²) in [5.74, 6) is 1.02. The zero-order chi connectivity index (χ0) is 15.2. The van der Waals surface area contributed by atoms with Crippen molar-refractivity contribution in [1.29, 1.82) is 0 Å². The van der Waals surface area contributed by atoms with Crippen LogP contribution >= 0.6 is 0 Å². The number of halogens is 2. The average Bonchev–Trinajstić information content (AvgIpc) is 2.87. The SMILES string of the molecule is CC(C)CNCc1cc(-c2ccccc2OC(F)F)on1. The molecule has 0 aliphatic heterocycles. The smallest absolute Gasteiger partial charge is 0.387 e. The van der Waals surface area contributed by atoms with Gasteiger partial charge in [0.05, 0.1) is 11.3 Å². The van der Waals surface area contributed by atoms with E-state index in [9.17, 15) is 8.78 Å². The first kappa shape index (κ1) is 15.4. The van der Waals surface area contributed by atoms with Crippen LogP contribution in [0.4, 0.5) is 8.78 Å². The summed E-state index contributed by atoms with van der Waals surface area (Å²) in [6, 6.07) is 8.21. The first-order valence-corrected chi connectivity index (χ1v) is 6.76. The molecule has 0 fully saturated rings. The molecule has 0 radical (unpaired) electrons. The highest BCUT2D eigenvalue weighted by Gasteiger charge is 2.14. The molecule has 0 amide bonds. The lowest BCUT2D eigenvalue weighted by atomic mass is 10.1. The lowest BCUT2D eigenvalue weighted by Crippen LogP contribution is -2.18. The third-order valence-corrected chi connectivity index (χ3v) is 2.79. The van der Waals surface area contributed by atoms with Crippen molar-refractivity contribution in [3.63, 3.8) is 0 Å². The monoisotopic (exact) mass is 296 g/mol. The summed E-state index contributed by atoms with van der Waals surface area (Å²) < 4.78 is 34.5. The molecule has 114 valence electrons. The van der Waals surface area contributed by atoms with Gasteiger partial charge >= 0.3 is 6.61 Å². The molecule has 0 bridgehead atoms. The second-order valence-corrected chi connectivity index (χ2v) is 5.08. The predicted octanol–water partition coefficient (Wildman–Crippen LogP) is 3.69. The van der Waals surface area contributed by atoms with Gasteiger partial charge in [-0.15, -0.1) is 0 Å². The number of nitrogens with one attached hydrogen (secondary N) is 1. The number of hydrogen-bond donors (Lipinski definition) is 1. The van der Waals surface area contributed by atoms with Gasteiger partial charge in [0.25, 0.3) is 0 Å². The van der Waals surface area contributed by atoms with E-state index in [1.807, 2.05) is 0 Å². The first-order chi connectivity index (χ1) is 10.1. The van der Waals surface area contributed by atoms with Crippen LogP contribution in [0.25, 0.3) is 11.3 Å². The van der Waals surface area contributed by atoms with Gasteiger partial charge in [0.15, 0.2) is 5.76 Å². The van der Waals surface area contributed by atoms with Crippen LogP contribution in [-0.2, 0) is 6.54 Å². The third-order valence-electron chi connectivity index (χ3n) is 2.79. The molecule has 0 aliphatic carbocycles. The van der Waals surface area contributed by atoms with Gasteiger partial charge in [-0.1, -0.05) is 31.1 Å². The molecule has 0 saturated carbocycles. The fraction of sp³-hybridized carbons (Fsp3) is 0.400. The van der Waals surface area contributed by atoms with Crippen molar-refractivity contribution >= 4 is 0 Å². The van der Waals surface area contributed by atoms with Gasteiger partial charge in [-0.25, -0.2) is 0 Å². The van der Waals surface area contributed by atoms with E-state index in [4.69, 9.17) is 4.52 Å². The number of hydrogen-bond acceptors (Lipinski definition) is 4. The van der Waals surface area contributed by atoms with Crippen LogP contribution in [0.1, 0.15) is 19.5 Å². The maximum absolute atomic E-state index is 12.4. The lowest BCUT2D eigenvalue weighted by Gasteiger charge is -2.07. The molecule has 1 N–H and O–H groups in total. The zero-order valence-corrected chi connectivity index (χ0v) is 12.0. The van der Waals surface area contributed by atoms with Crippen molar-refractivity contribution in [3.8, 4) is 17.1 Å². The van der Waals surface area contributed by atoms with Crippen molar-refractivity contribution in [2.45, 2.75) is 27.0 Å². The van der Waals surface area contributed by atoms with Gasteiger partial charge in [-0.2, -0.15) is 8.78 Å². The van der Waals surface area contributed by atoms with E-state index in [0.717, 1.165) is 12.2 Å². The van der Waals surface area contributed by atoms with Gasteiger partial charge in [0.1, 0.15) is 5.75 Å². The number of para-hydroxylation sites is 1. The highest BCUT2D eigenvalue weighted by atomic mass is 19.3. The fourth-order valence-corrected chi connectivity index (χ4v) is 1.88. The van der Waals surface area contributed by atoms with Crippen molar-refractivity contribution in [3.05, 3.63) is 36.0 Å². The minimum absolute atomic E-state index is 0.0744. The topological polar surface area (TPSA) is 47.3 Å². The zero-order valence-electron chi connectivity index (χ0n) is 12.0. The second kappa shape index (κ2) is 7.17. The van der Waals surface area contributed by atoms with Crippen LogP contribution in [0.5, 0.6) is 5.75 Å². The van der Waals surface area contributed by atoms with E-state index >= 15 is 0 Å². The van der Waals surface area contributed by atoms with E-state index in [-0.39, 0.29) is 5.75 Å². The molecule has 0 aliphatic rings. The minimum atomic E-state index is -2.87. The quantitative estimate of drug-likeness (QED) is 0.846. The number of rotatable bonds is 7. The van der Waals surface area contributed by atoms with Gasteiger partial charge in [0.2, 0.25) is 0 Å². The Bertz CT molecular complexity index is 570. The highest BCUT2D eigenvalue weighted by Crippen LogP contribution is 2.31. The summed E-state index contributed by atoms with van der Waals surface area (Å²) in [4.78, 5) is 0. The second-order valence-electron chi connectivity index (χ2n) is 5.08. The molecule has 1 heterocycles. The van der Waals surface area contributed by atoms with E-state index in [1.54, 1.807) is 24.3 Å². The van der Waals surface area contributed by atoms with Crippen molar-refractivity contribution in [2.24, 2.45) is 5.92 Å². The molecule has 4 nitrogen and oxygen atoms in total. The van der Waals surface area contributed by atoms with Crippen LogP contribution in [0, 0.1) is 5.92 Å². The number of nitrogens with zero attached hydrogens (tertiary/aromatic N) is 1. The van der Waals surface area contributed by atoms with E-state index in [2.05, 4.69) is 29.1 Å². The van der Waals surface area contributed by atoms with Gasteiger partial charge in [0, 0.05) is 12.6 Å². The van der Waals surface area contributed by atoms with Crippen molar-refractivity contribution < 1.29 is 18.0 Å². The molecule has 2 rings (SSSR count). The lowest BCUT2D eigenvalue weighted by molar-refractivity contribution is -0.0495. The summed E-state index contributed by atoms with van der Waals surface area (Å²) in [7, 11) is 0. The Morgan fingerprint density at radius 3 is 2.76 bits per heavy atom. The molecule has 1 aromatic heterocycles. The molecule has 2 aromatic rings. The summed E-state index contributed by atoms with van der Waals surface area (Å²) in [5.41, 5.74) is 1.18. The summed E-state index contributed by atoms with van der Waals surface area (Å²) in [6.07, 6.45) is 0. The Morgan fingerprint density at radius 2 is 2.05 bits per heavy atom. The highest BCUT2D eigenvalue weighted by molar-refractivity contribution is 5.65. The largest absolute Gasteiger partial charge is 0.434 e. The van der Waals surface area contributed by atoms with Gasteiger partial charge < -0.3 is 14.6 Å². The Labute approximate surface area is 122 Å². The maximum Gasteiger partial charge on any atom is 0.387 e. The van der Waals surface area contributed by atoms with Crippen LogP contribution in [0.2, 0.25) is 0 Å². The Kier molecular flexibility index (Phi) is 5.27.